The molecule has 1 aliphatic rings. The Morgan fingerprint density at radius 1 is 1.29 bits per heavy atom. The Balaban J connectivity index is 2.04. The van der Waals surface area contributed by atoms with E-state index in [1.807, 2.05) is 30.9 Å². The molecule has 0 aliphatic carbocycles. The Kier molecular flexibility index (Phi) is 3.93. The highest BCUT2D eigenvalue weighted by atomic mass is 79.9. The summed E-state index contributed by atoms with van der Waals surface area (Å²) in [6.07, 6.45) is 2.20. The molecule has 0 unspecified atom stereocenters. The molecule has 112 valence electrons. The smallest absolute Gasteiger partial charge is 0.254 e. The average Bonchev–Trinajstić information content (AvgIpc) is 3.05. The number of hydrogen-bond acceptors (Lipinski definition) is 3. The van der Waals surface area contributed by atoms with Crippen LogP contribution >= 0.6 is 15.9 Å². The number of halogens is 1. The summed E-state index contributed by atoms with van der Waals surface area (Å²) < 4.78 is 12.1. The normalized spacial score (nSPS) is 15.1. The zero-order chi connectivity index (χ0) is 15.0. The van der Waals surface area contributed by atoms with E-state index in [-0.39, 0.29) is 12.0 Å². The third-order valence-corrected chi connectivity index (χ3v) is 3.96. The molecule has 0 bridgehead atoms. The van der Waals surface area contributed by atoms with Gasteiger partial charge in [0.15, 0.2) is 4.67 Å². The third kappa shape index (κ3) is 2.93. The minimum absolute atomic E-state index is 0.0408. The van der Waals surface area contributed by atoms with Gasteiger partial charge in [-0.2, -0.15) is 0 Å². The van der Waals surface area contributed by atoms with Crippen LogP contribution in [-0.4, -0.2) is 30.0 Å². The number of rotatable bonds is 3. The highest BCUT2D eigenvalue weighted by molar-refractivity contribution is 9.10. The molecule has 0 atom stereocenters. The van der Waals surface area contributed by atoms with Crippen LogP contribution in [0.25, 0.3) is 11.0 Å². The number of amides is 1. The van der Waals surface area contributed by atoms with Crippen LogP contribution in [0.15, 0.2) is 27.3 Å². The van der Waals surface area contributed by atoms with Crippen molar-refractivity contribution >= 4 is 32.8 Å². The molecule has 1 aromatic heterocycles. The molecular formula is C16H18BrNO3. The van der Waals surface area contributed by atoms with Gasteiger partial charge in [-0.05, 0) is 54.8 Å². The molecule has 3 rings (SSSR count). The molecule has 1 amide bonds. The van der Waals surface area contributed by atoms with Crippen LogP contribution in [0, 0.1) is 0 Å². The van der Waals surface area contributed by atoms with Crippen molar-refractivity contribution in [3.05, 3.63) is 28.4 Å². The van der Waals surface area contributed by atoms with Crippen molar-refractivity contribution in [1.29, 1.82) is 0 Å². The molecule has 21 heavy (non-hydrogen) atoms. The maximum atomic E-state index is 12.6. The fourth-order valence-electron chi connectivity index (χ4n) is 2.65. The monoisotopic (exact) mass is 351 g/mol. The van der Waals surface area contributed by atoms with Crippen LogP contribution in [0.5, 0.6) is 5.75 Å². The van der Waals surface area contributed by atoms with E-state index in [0.29, 0.717) is 21.6 Å². The second-order valence-corrected chi connectivity index (χ2v) is 6.38. The number of carbonyl (C=O) groups excluding carboxylic acids is 1. The first-order valence-corrected chi connectivity index (χ1v) is 8.03. The van der Waals surface area contributed by atoms with Crippen LogP contribution in [0.1, 0.15) is 37.0 Å². The molecule has 0 N–H and O–H groups in total. The third-order valence-electron chi connectivity index (χ3n) is 3.57. The van der Waals surface area contributed by atoms with Gasteiger partial charge in [-0.1, -0.05) is 0 Å². The summed E-state index contributed by atoms with van der Waals surface area (Å²) in [5.41, 5.74) is 1.30. The van der Waals surface area contributed by atoms with Gasteiger partial charge >= 0.3 is 0 Å². The summed E-state index contributed by atoms with van der Waals surface area (Å²) in [6.45, 7) is 5.60. The van der Waals surface area contributed by atoms with Crippen molar-refractivity contribution in [2.24, 2.45) is 0 Å². The molecule has 1 fully saturated rings. The summed E-state index contributed by atoms with van der Waals surface area (Å²) in [4.78, 5) is 14.4. The summed E-state index contributed by atoms with van der Waals surface area (Å²) in [5, 5.41) is 0.883. The molecule has 1 saturated heterocycles. The zero-order valence-electron chi connectivity index (χ0n) is 12.2. The van der Waals surface area contributed by atoms with Gasteiger partial charge in [0, 0.05) is 24.7 Å². The van der Waals surface area contributed by atoms with E-state index in [1.54, 1.807) is 6.07 Å². The minimum atomic E-state index is 0.0408. The fourth-order valence-corrected chi connectivity index (χ4v) is 3.06. The summed E-state index contributed by atoms with van der Waals surface area (Å²) in [5.74, 6) is 0.745. The van der Waals surface area contributed by atoms with Gasteiger partial charge in [-0.25, -0.2) is 0 Å². The first kappa shape index (κ1) is 14.4. The molecular weight excluding hydrogens is 334 g/mol. The molecule has 5 heteroatoms. The second kappa shape index (κ2) is 5.72. The maximum absolute atomic E-state index is 12.6. The molecule has 2 aromatic rings. The van der Waals surface area contributed by atoms with E-state index in [0.717, 1.165) is 31.3 Å². The first-order chi connectivity index (χ1) is 10.0. The van der Waals surface area contributed by atoms with E-state index in [1.165, 1.54) is 0 Å². The molecule has 0 spiro atoms. The van der Waals surface area contributed by atoms with Crippen molar-refractivity contribution in [3.63, 3.8) is 0 Å². The Morgan fingerprint density at radius 2 is 2.00 bits per heavy atom. The quantitative estimate of drug-likeness (QED) is 0.831. The Hall–Kier alpha value is -1.49. The van der Waals surface area contributed by atoms with E-state index in [4.69, 9.17) is 9.15 Å². The summed E-state index contributed by atoms with van der Waals surface area (Å²) in [7, 11) is 0. The zero-order valence-corrected chi connectivity index (χ0v) is 13.8. The Bertz CT molecular complexity index is 671. The molecule has 0 saturated carbocycles. The Morgan fingerprint density at radius 3 is 2.67 bits per heavy atom. The molecule has 4 nitrogen and oxygen atoms in total. The number of fused-ring (bicyclic) bond motifs is 1. The number of hydrogen-bond donors (Lipinski definition) is 0. The number of carbonyl (C=O) groups is 1. The van der Waals surface area contributed by atoms with Crippen molar-refractivity contribution in [2.45, 2.75) is 32.8 Å². The van der Waals surface area contributed by atoms with Crippen molar-refractivity contribution < 1.29 is 13.9 Å². The Labute approximate surface area is 132 Å². The highest BCUT2D eigenvalue weighted by Gasteiger charge is 2.22. The van der Waals surface area contributed by atoms with Gasteiger partial charge in [0.1, 0.15) is 11.3 Å². The SMILES string of the molecule is CC(C)Oc1cc(C(=O)N2CCCC2)cc2oc(Br)cc12. The lowest BCUT2D eigenvalue weighted by molar-refractivity contribution is 0.0792. The molecule has 0 radical (unpaired) electrons. The molecule has 2 heterocycles. The second-order valence-electron chi connectivity index (χ2n) is 5.60. The molecule has 1 aliphatic heterocycles. The predicted octanol–water partition coefficient (Wildman–Crippen LogP) is 4.22. The minimum Gasteiger partial charge on any atom is -0.490 e. The van der Waals surface area contributed by atoms with E-state index < -0.39 is 0 Å². The van der Waals surface area contributed by atoms with Gasteiger partial charge in [0.2, 0.25) is 0 Å². The average molecular weight is 352 g/mol. The number of furan rings is 1. The van der Waals surface area contributed by atoms with Crippen molar-refractivity contribution in [3.8, 4) is 5.75 Å². The number of benzene rings is 1. The van der Waals surface area contributed by atoms with Gasteiger partial charge in [-0.15, -0.1) is 0 Å². The largest absolute Gasteiger partial charge is 0.490 e. The van der Waals surface area contributed by atoms with Crippen LogP contribution < -0.4 is 4.74 Å². The highest BCUT2D eigenvalue weighted by Crippen LogP contribution is 2.33. The van der Waals surface area contributed by atoms with Crippen LogP contribution in [0.4, 0.5) is 0 Å². The van der Waals surface area contributed by atoms with Crippen molar-refractivity contribution in [1.82, 2.24) is 4.90 Å². The van der Waals surface area contributed by atoms with Crippen LogP contribution in [0.2, 0.25) is 0 Å². The maximum Gasteiger partial charge on any atom is 0.254 e. The number of likely N-dealkylation sites (tertiary alicyclic amines) is 1. The molecule has 1 aromatic carbocycles. The fraction of sp³-hybridized carbons (Fsp3) is 0.438. The van der Waals surface area contributed by atoms with Crippen LogP contribution in [-0.2, 0) is 0 Å². The van der Waals surface area contributed by atoms with Gasteiger partial charge < -0.3 is 14.1 Å². The lowest BCUT2D eigenvalue weighted by Crippen LogP contribution is -2.27. The number of ether oxygens (including phenoxy) is 1. The predicted molar refractivity (Wildman–Crippen MR) is 84.8 cm³/mol. The first-order valence-electron chi connectivity index (χ1n) is 7.23. The standard InChI is InChI=1S/C16H18BrNO3/c1-10(2)20-13-7-11(16(19)18-5-3-4-6-18)8-14-12(13)9-15(17)21-14/h7-10H,3-6H2,1-2H3. The van der Waals surface area contributed by atoms with E-state index >= 15 is 0 Å². The van der Waals surface area contributed by atoms with Crippen molar-refractivity contribution in [2.75, 3.05) is 13.1 Å². The van der Waals surface area contributed by atoms with E-state index in [2.05, 4.69) is 15.9 Å². The lowest BCUT2D eigenvalue weighted by atomic mass is 10.1. The van der Waals surface area contributed by atoms with Gasteiger partial charge in [-0.3, -0.25) is 4.79 Å². The topological polar surface area (TPSA) is 42.7 Å². The summed E-state index contributed by atoms with van der Waals surface area (Å²) >= 11 is 3.34. The lowest BCUT2D eigenvalue weighted by Gasteiger charge is -2.17. The van der Waals surface area contributed by atoms with Gasteiger partial charge in [0.25, 0.3) is 5.91 Å². The van der Waals surface area contributed by atoms with Crippen LogP contribution in [0.3, 0.4) is 0 Å². The van der Waals surface area contributed by atoms with Gasteiger partial charge in [0.05, 0.1) is 11.5 Å². The number of nitrogens with zero attached hydrogens (tertiary/aromatic N) is 1. The van der Waals surface area contributed by atoms with E-state index in [9.17, 15) is 4.79 Å². The summed E-state index contributed by atoms with van der Waals surface area (Å²) in [6, 6.07) is 5.50.